The number of esters is 1. The van der Waals surface area contributed by atoms with E-state index in [1.54, 1.807) is 58.9 Å². The van der Waals surface area contributed by atoms with Crippen molar-refractivity contribution in [1.29, 1.82) is 0 Å². The van der Waals surface area contributed by atoms with Gasteiger partial charge in [0.05, 0.1) is 22.9 Å². The molecule has 4 rings (SSSR count). The number of fused-ring (bicyclic) bond motifs is 1. The average Bonchev–Trinajstić information content (AvgIpc) is 3.26. The Kier molecular flexibility index (Phi) is 9.01. The molecule has 1 atom stereocenters. The van der Waals surface area contributed by atoms with E-state index >= 15 is 0 Å². The average molecular weight is 591 g/mol. The van der Waals surface area contributed by atoms with Gasteiger partial charge in [-0.25, -0.2) is 9.59 Å². The van der Waals surface area contributed by atoms with Crippen LogP contribution >= 0.6 is 11.3 Å². The van der Waals surface area contributed by atoms with Crippen molar-refractivity contribution in [2.45, 2.75) is 46.1 Å². The van der Waals surface area contributed by atoms with Gasteiger partial charge in [0.1, 0.15) is 17.0 Å². The zero-order chi connectivity index (χ0) is 30.6. The highest BCUT2D eigenvalue weighted by Crippen LogP contribution is 2.50. The zero-order valence-electron chi connectivity index (χ0n) is 24.1. The van der Waals surface area contributed by atoms with Crippen LogP contribution in [0.3, 0.4) is 0 Å². The maximum Gasteiger partial charge on any atom is 0.408 e. The van der Waals surface area contributed by atoms with Gasteiger partial charge >= 0.3 is 12.1 Å². The van der Waals surface area contributed by atoms with Crippen molar-refractivity contribution in [2.24, 2.45) is 0 Å². The number of nitrogens with one attached hydrogen (secondary N) is 3. The van der Waals surface area contributed by atoms with E-state index in [2.05, 4.69) is 16.0 Å². The summed E-state index contributed by atoms with van der Waals surface area (Å²) in [5, 5.41) is 9.00. The Balaban J connectivity index is 1.60. The van der Waals surface area contributed by atoms with Crippen LogP contribution in [0.4, 0.5) is 21.2 Å². The van der Waals surface area contributed by atoms with Gasteiger partial charge in [0, 0.05) is 28.4 Å². The van der Waals surface area contributed by atoms with Crippen molar-refractivity contribution in [3.63, 3.8) is 0 Å². The van der Waals surface area contributed by atoms with E-state index in [1.165, 1.54) is 11.3 Å². The molecule has 220 valence electrons. The highest BCUT2D eigenvalue weighted by Gasteiger charge is 2.38. The number of carbonyl (C=O) groups excluding carboxylic acids is 4. The first-order chi connectivity index (χ1) is 19.9. The normalized spacial score (nSPS) is 14.4. The van der Waals surface area contributed by atoms with Crippen LogP contribution in [0.2, 0.25) is 0 Å². The summed E-state index contributed by atoms with van der Waals surface area (Å²) in [6, 6.07) is 15.9. The lowest BCUT2D eigenvalue weighted by Gasteiger charge is -2.28. The van der Waals surface area contributed by atoms with Gasteiger partial charge in [-0.3, -0.25) is 9.59 Å². The van der Waals surface area contributed by atoms with Crippen LogP contribution in [0.15, 0.2) is 65.9 Å². The topological polar surface area (TPSA) is 149 Å². The predicted molar refractivity (Wildman–Crippen MR) is 163 cm³/mol. The maximum atomic E-state index is 13.7. The molecule has 0 saturated heterocycles. The second-order valence-corrected chi connectivity index (χ2v) is 11.6. The molecular weight excluding hydrogens is 556 g/mol. The van der Waals surface area contributed by atoms with Crippen molar-refractivity contribution in [1.82, 2.24) is 5.32 Å². The smallest absolute Gasteiger partial charge is 0.408 e. The molecule has 0 aliphatic carbocycles. The first-order valence-corrected chi connectivity index (χ1v) is 14.2. The Morgan fingerprint density at radius 1 is 1.05 bits per heavy atom. The third-order valence-electron chi connectivity index (χ3n) is 6.30. The van der Waals surface area contributed by atoms with Gasteiger partial charge in [0.2, 0.25) is 11.7 Å². The van der Waals surface area contributed by atoms with E-state index < -0.39 is 29.5 Å². The van der Waals surface area contributed by atoms with Crippen LogP contribution < -0.4 is 21.7 Å². The number of anilines is 3. The number of nitrogens with two attached hydrogens (primary N) is 1. The molecule has 1 unspecified atom stereocenters. The number of ketones is 1. The van der Waals surface area contributed by atoms with E-state index in [9.17, 15) is 19.2 Å². The molecule has 0 radical (unpaired) electrons. The monoisotopic (exact) mass is 590 g/mol. The number of nitrogen functional groups attached to an aromatic ring is 1. The lowest BCUT2D eigenvalue weighted by atomic mass is 9.81. The number of ether oxygens (including phenoxy) is 2. The molecule has 1 aliphatic rings. The van der Waals surface area contributed by atoms with Crippen molar-refractivity contribution in [2.75, 3.05) is 29.5 Å². The Morgan fingerprint density at radius 3 is 2.43 bits per heavy atom. The Hall–Kier alpha value is -4.64. The van der Waals surface area contributed by atoms with Crippen LogP contribution in [-0.2, 0) is 19.1 Å². The number of rotatable bonds is 8. The van der Waals surface area contributed by atoms with E-state index in [0.717, 1.165) is 5.56 Å². The highest BCUT2D eigenvalue weighted by atomic mass is 32.1. The second-order valence-electron chi connectivity index (χ2n) is 10.6. The number of amides is 2. The van der Waals surface area contributed by atoms with E-state index in [1.807, 2.05) is 30.3 Å². The summed E-state index contributed by atoms with van der Waals surface area (Å²) in [5.41, 5.74) is 9.46. The summed E-state index contributed by atoms with van der Waals surface area (Å²) in [6.07, 6.45) is -0.711. The van der Waals surface area contributed by atoms with Gasteiger partial charge in [-0.1, -0.05) is 42.5 Å². The molecule has 10 nitrogen and oxygen atoms in total. The molecule has 1 aliphatic heterocycles. The molecule has 5 N–H and O–H groups in total. The first-order valence-electron chi connectivity index (χ1n) is 13.4. The minimum atomic E-state index is -0.711. The molecule has 0 fully saturated rings. The third-order valence-corrected chi connectivity index (χ3v) is 7.44. The highest BCUT2D eigenvalue weighted by molar-refractivity contribution is 7.19. The largest absolute Gasteiger partial charge is 0.463 e. The number of hydrogen-bond acceptors (Lipinski definition) is 9. The quantitative estimate of drug-likeness (QED) is 0.201. The fraction of sp³-hybridized carbons (Fsp3) is 0.290. The van der Waals surface area contributed by atoms with Gasteiger partial charge in [-0.2, -0.15) is 0 Å². The van der Waals surface area contributed by atoms with Crippen molar-refractivity contribution in [3.8, 4) is 0 Å². The van der Waals surface area contributed by atoms with E-state index in [4.69, 9.17) is 15.2 Å². The molecule has 0 bridgehead atoms. The molecule has 2 heterocycles. The third kappa shape index (κ3) is 6.80. The molecule has 0 spiro atoms. The summed E-state index contributed by atoms with van der Waals surface area (Å²) in [5.74, 6) is -1.80. The molecule has 0 saturated carbocycles. The summed E-state index contributed by atoms with van der Waals surface area (Å²) < 4.78 is 10.5. The van der Waals surface area contributed by atoms with Crippen molar-refractivity contribution >= 4 is 51.5 Å². The van der Waals surface area contributed by atoms with Crippen molar-refractivity contribution in [3.05, 3.63) is 87.4 Å². The zero-order valence-corrected chi connectivity index (χ0v) is 24.9. The Morgan fingerprint density at radius 2 is 1.76 bits per heavy atom. The second kappa shape index (κ2) is 12.5. The van der Waals surface area contributed by atoms with Crippen molar-refractivity contribution < 1.29 is 28.7 Å². The maximum absolute atomic E-state index is 13.7. The molecule has 1 aromatic heterocycles. The summed E-state index contributed by atoms with van der Waals surface area (Å²) in [6.45, 7) is 8.63. The lowest BCUT2D eigenvalue weighted by Crippen LogP contribution is -2.37. The fourth-order valence-corrected chi connectivity index (χ4v) is 5.78. The number of hydrogen-bond donors (Lipinski definition) is 4. The number of allylic oxidation sites excluding steroid dienone is 1. The molecule has 3 aromatic rings. The molecule has 2 amide bonds. The SMILES string of the molecule is CCOC(=O)C1=C(C)Nc2sc(C(=O)c3cccc(NC(=O)CNC(=O)OC(C)(C)C)c3)c(N)c2C1c1ccccc1. The number of alkyl carbamates (subject to hydrolysis) is 1. The van der Waals surface area contributed by atoms with Crippen LogP contribution in [0, 0.1) is 0 Å². The molecule has 2 aromatic carbocycles. The number of thiophene rings is 1. The molecule has 11 heteroatoms. The van der Waals surface area contributed by atoms with Crippen LogP contribution in [0.25, 0.3) is 0 Å². The lowest BCUT2D eigenvalue weighted by molar-refractivity contribution is -0.138. The van der Waals surface area contributed by atoms with Crippen LogP contribution in [0.1, 0.15) is 66.9 Å². The first kappa shape index (κ1) is 30.3. The van der Waals surface area contributed by atoms with Gasteiger partial charge in [-0.15, -0.1) is 11.3 Å². The standard InChI is InChI=1S/C31H34N4O6S/c1-6-40-29(38)22-17(2)34-28-24(23(22)18-11-8-7-9-12-18)25(32)27(42-28)26(37)19-13-10-14-20(15-19)35-21(36)16-33-30(39)41-31(3,4)5/h7-15,23,34H,6,16,32H2,1-5H3,(H,33,39)(H,35,36). The van der Waals surface area contributed by atoms with Crippen LogP contribution in [0.5, 0.6) is 0 Å². The van der Waals surface area contributed by atoms with E-state index in [-0.39, 0.29) is 24.6 Å². The number of carbonyl (C=O) groups is 4. The Labute approximate surface area is 248 Å². The van der Waals surface area contributed by atoms with Gasteiger partial charge in [-0.05, 0) is 52.3 Å². The molecule has 42 heavy (non-hydrogen) atoms. The summed E-state index contributed by atoms with van der Waals surface area (Å²) in [7, 11) is 0. The minimum absolute atomic E-state index is 0.219. The summed E-state index contributed by atoms with van der Waals surface area (Å²) in [4.78, 5) is 51.4. The van der Waals surface area contributed by atoms with Gasteiger partial charge in [0.15, 0.2) is 0 Å². The minimum Gasteiger partial charge on any atom is -0.463 e. The van der Waals surface area contributed by atoms with Gasteiger partial charge < -0.3 is 31.2 Å². The predicted octanol–water partition coefficient (Wildman–Crippen LogP) is 5.42. The molecular formula is C31H34N4O6S. The summed E-state index contributed by atoms with van der Waals surface area (Å²) >= 11 is 1.21. The van der Waals surface area contributed by atoms with Crippen LogP contribution in [-0.4, -0.2) is 42.5 Å². The van der Waals surface area contributed by atoms with E-state index in [0.29, 0.717) is 38.0 Å². The Bertz CT molecular complexity index is 1560. The number of benzene rings is 2. The fourth-order valence-electron chi connectivity index (χ4n) is 4.60. The van der Waals surface area contributed by atoms with Gasteiger partial charge in [0.25, 0.3) is 0 Å².